The molecule has 0 saturated carbocycles. The third kappa shape index (κ3) is 5.27. The summed E-state index contributed by atoms with van der Waals surface area (Å²) in [7, 11) is 0. The minimum atomic E-state index is -0.0665. The van der Waals surface area contributed by atoms with E-state index < -0.39 is 0 Å². The Morgan fingerprint density at radius 2 is 1.83 bits per heavy atom. The summed E-state index contributed by atoms with van der Waals surface area (Å²) < 4.78 is 5.82. The van der Waals surface area contributed by atoms with Gasteiger partial charge in [0, 0.05) is 31.6 Å². The van der Waals surface area contributed by atoms with Crippen molar-refractivity contribution in [2.45, 2.75) is 39.7 Å². The van der Waals surface area contributed by atoms with Crippen molar-refractivity contribution in [1.82, 2.24) is 10.2 Å². The van der Waals surface area contributed by atoms with Gasteiger partial charge in [0.05, 0.1) is 6.61 Å². The minimum Gasteiger partial charge on any atom is -0.493 e. The number of ether oxygens (including phenoxy) is 1. The van der Waals surface area contributed by atoms with E-state index >= 15 is 0 Å². The van der Waals surface area contributed by atoms with Crippen molar-refractivity contribution in [3.05, 3.63) is 29.8 Å². The Labute approximate surface area is 138 Å². The monoisotopic (exact) mass is 318 g/mol. The molecule has 0 bridgehead atoms. The van der Waals surface area contributed by atoms with Crippen LogP contribution in [0.2, 0.25) is 0 Å². The second-order valence-electron chi connectivity index (χ2n) is 6.41. The lowest BCUT2D eigenvalue weighted by atomic mass is 9.98. The Morgan fingerprint density at radius 1 is 1.22 bits per heavy atom. The van der Waals surface area contributed by atoms with Gasteiger partial charge in [-0.2, -0.15) is 0 Å². The summed E-state index contributed by atoms with van der Waals surface area (Å²) in [5.41, 5.74) is 0.640. The first-order valence-electron chi connectivity index (χ1n) is 8.25. The highest BCUT2D eigenvalue weighted by Gasteiger charge is 2.21. The molecule has 1 aliphatic rings. The van der Waals surface area contributed by atoms with Gasteiger partial charge in [-0.05, 0) is 56.9 Å². The van der Waals surface area contributed by atoms with E-state index in [1.54, 1.807) is 19.1 Å². The lowest BCUT2D eigenvalue weighted by Crippen LogP contribution is -2.38. The number of carbonyl (C=O) groups excluding carboxylic acids is 2. The van der Waals surface area contributed by atoms with Gasteiger partial charge >= 0.3 is 0 Å². The molecular formula is C18H26N2O3. The SMILES string of the molecule is CC(=O)N1CCC(COc2ccc(C(=O)NC(C)C)cc2)CC1. The number of hydrogen-bond acceptors (Lipinski definition) is 3. The maximum absolute atomic E-state index is 11.9. The lowest BCUT2D eigenvalue weighted by Gasteiger charge is -2.31. The summed E-state index contributed by atoms with van der Waals surface area (Å²) in [5.74, 6) is 1.34. The van der Waals surface area contributed by atoms with E-state index in [-0.39, 0.29) is 17.9 Å². The van der Waals surface area contributed by atoms with Crippen LogP contribution in [0.5, 0.6) is 5.75 Å². The predicted molar refractivity (Wildman–Crippen MR) is 89.5 cm³/mol. The molecule has 1 N–H and O–H groups in total. The Morgan fingerprint density at radius 3 is 2.35 bits per heavy atom. The van der Waals surface area contributed by atoms with Gasteiger partial charge in [0.25, 0.3) is 5.91 Å². The molecule has 1 aliphatic heterocycles. The smallest absolute Gasteiger partial charge is 0.251 e. The van der Waals surface area contributed by atoms with Crippen molar-refractivity contribution >= 4 is 11.8 Å². The molecule has 126 valence electrons. The fourth-order valence-corrected chi connectivity index (χ4v) is 2.68. The number of carbonyl (C=O) groups is 2. The van der Waals surface area contributed by atoms with Crippen molar-refractivity contribution in [3.63, 3.8) is 0 Å². The van der Waals surface area contributed by atoms with Crippen molar-refractivity contribution in [3.8, 4) is 5.75 Å². The molecule has 0 radical (unpaired) electrons. The highest BCUT2D eigenvalue weighted by atomic mass is 16.5. The Balaban J connectivity index is 1.78. The first kappa shape index (κ1) is 17.3. The Bertz CT molecular complexity index is 532. The van der Waals surface area contributed by atoms with Gasteiger partial charge in [-0.25, -0.2) is 0 Å². The topological polar surface area (TPSA) is 58.6 Å². The number of amides is 2. The summed E-state index contributed by atoms with van der Waals surface area (Å²) in [5, 5.41) is 2.86. The zero-order valence-electron chi connectivity index (χ0n) is 14.2. The number of nitrogens with zero attached hydrogens (tertiary/aromatic N) is 1. The second kappa shape index (κ2) is 7.99. The number of rotatable bonds is 5. The number of likely N-dealkylation sites (tertiary alicyclic amines) is 1. The minimum absolute atomic E-state index is 0.0665. The quantitative estimate of drug-likeness (QED) is 0.907. The first-order valence-corrected chi connectivity index (χ1v) is 8.25. The molecule has 0 aliphatic carbocycles. The zero-order valence-corrected chi connectivity index (χ0v) is 14.2. The van der Waals surface area contributed by atoms with Crippen LogP contribution in [0.1, 0.15) is 44.0 Å². The van der Waals surface area contributed by atoms with E-state index in [1.807, 2.05) is 30.9 Å². The summed E-state index contributed by atoms with van der Waals surface area (Å²) in [6.45, 7) is 7.78. The van der Waals surface area contributed by atoms with Crippen LogP contribution in [0.25, 0.3) is 0 Å². The fourth-order valence-electron chi connectivity index (χ4n) is 2.68. The number of hydrogen-bond donors (Lipinski definition) is 1. The normalized spacial score (nSPS) is 15.6. The number of benzene rings is 1. The molecule has 0 atom stereocenters. The standard InChI is InChI=1S/C18H26N2O3/c1-13(2)19-18(22)16-4-6-17(7-5-16)23-12-15-8-10-20(11-9-15)14(3)21/h4-7,13,15H,8-12H2,1-3H3,(H,19,22). The van der Waals surface area contributed by atoms with Crippen LogP contribution in [0.15, 0.2) is 24.3 Å². The second-order valence-corrected chi connectivity index (χ2v) is 6.41. The summed E-state index contributed by atoms with van der Waals surface area (Å²) in [4.78, 5) is 25.1. The van der Waals surface area contributed by atoms with Crippen molar-refractivity contribution < 1.29 is 14.3 Å². The highest BCUT2D eigenvalue weighted by molar-refractivity contribution is 5.94. The van der Waals surface area contributed by atoms with Gasteiger partial charge < -0.3 is 15.0 Å². The van der Waals surface area contributed by atoms with Crippen LogP contribution in [-0.4, -0.2) is 42.5 Å². The van der Waals surface area contributed by atoms with Crippen LogP contribution in [-0.2, 0) is 4.79 Å². The highest BCUT2D eigenvalue weighted by Crippen LogP contribution is 2.20. The Hall–Kier alpha value is -2.04. The molecule has 1 aromatic carbocycles. The molecule has 0 aromatic heterocycles. The largest absolute Gasteiger partial charge is 0.493 e. The van der Waals surface area contributed by atoms with Crippen LogP contribution in [0.3, 0.4) is 0 Å². The van der Waals surface area contributed by atoms with Gasteiger partial charge in [-0.15, -0.1) is 0 Å². The van der Waals surface area contributed by atoms with Crippen molar-refractivity contribution in [2.75, 3.05) is 19.7 Å². The maximum atomic E-state index is 11.9. The van der Waals surface area contributed by atoms with E-state index in [4.69, 9.17) is 4.74 Å². The lowest BCUT2D eigenvalue weighted by molar-refractivity contribution is -0.130. The molecule has 2 amide bonds. The maximum Gasteiger partial charge on any atom is 0.251 e. The summed E-state index contributed by atoms with van der Waals surface area (Å²) >= 11 is 0. The third-order valence-corrected chi connectivity index (χ3v) is 4.08. The van der Waals surface area contributed by atoms with E-state index in [9.17, 15) is 9.59 Å². The molecule has 1 aromatic rings. The van der Waals surface area contributed by atoms with E-state index in [0.717, 1.165) is 31.7 Å². The van der Waals surface area contributed by atoms with Crippen LogP contribution >= 0.6 is 0 Å². The molecule has 0 spiro atoms. The molecule has 5 nitrogen and oxygen atoms in total. The van der Waals surface area contributed by atoms with E-state index in [1.165, 1.54) is 0 Å². The fraction of sp³-hybridized carbons (Fsp3) is 0.556. The average Bonchev–Trinajstić information content (AvgIpc) is 2.53. The average molecular weight is 318 g/mol. The van der Waals surface area contributed by atoms with Crippen molar-refractivity contribution in [2.24, 2.45) is 5.92 Å². The predicted octanol–water partition coefficient (Wildman–Crippen LogP) is 2.46. The first-order chi connectivity index (χ1) is 11.0. The molecular weight excluding hydrogens is 292 g/mol. The molecule has 1 saturated heterocycles. The van der Waals surface area contributed by atoms with Crippen molar-refractivity contribution in [1.29, 1.82) is 0 Å². The molecule has 1 heterocycles. The van der Waals surface area contributed by atoms with Crippen LogP contribution in [0.4, 0.5) is 0 Å². The van der Waals surface area contributed by atoms with Gasteiger partial charge in [-0.3, -0.25) is 9.59 Å². The van der Waals surface area contributed by atoms with Crippen LogP contribution in [0, 0.1) is 5.92 Å². The Kier molecular flexibility index (Phi) is 6.02. The molecule has 0 unspecified atom stereocenters. The summed E-state index contributed by atoms with van der Waals surface area (Å²) in [6.07, 6.45) is 1.96. The van der Waals surface area contributed by atoms with Gasteiger partial charge in [-0.1, -0.05) is 0 Å². The van der Waals surface area contributed by atoms with Gasteiger partial charge in [0.1, 0.15) is 5.75 Å². The van der Waals surface area contributed by atoms with E-state index in [0.29, 0.717) is 18.1 Å². The van der Waals surface area contributed by atoms with Crippen LogP contribution < -0.4 is 10.1 Å². The number of piperidine rings is 1. The molecule has 5 heteroatoms. The summed E-state index contributed by atoms with van der Waals surface area (Å²) in [6, 6.07) is 7.36. The number of nitrogens with one attached hydrogen (secondary N) is 1. The molecule has 23 heavy (non-hydrogen) atoms. The van der Waals surface area contributed by atoms with Gasteiger partial charge in [0.2, 0.25) is 5.91 Å². The molecule has 2 rings (SSSR count). The van der Waals surface area contributed by atoms with E-state index in [2.05, 4.69) is 5.32 Å². The third-order valence-electron chi connectivity index (χ3n) is 4.08. The molecule has 1 fully saturated rings. The van der Waals surface area contributed by atoms with Gasteiger partial charge in [0.15, 0.2) is 0 Å². The zero-order chi connectivity index (χ0) is 16.8.